The van der Waals surface area contributed by atoms with E-state index in [4.69, 9.17) is 0 Å². The summed E-state index contributed by atoms with van der Waals surface area (Å²) in [6, 6.07) is 1.99. The summed E-state index contributed by atoms with van der Waals surface area (Å²) in [6.45, 7) is 6.03. The van der Waals surface area contributed by atoms with Gasteiger partial charge in [0.05, 0.1) is 5.69 Å². The molecule has 4 nitrogen and oxygen atoms in total. The van der Waals surface area contributed by atoms with Gasteiger partial charge in [0.2, 0.25) is 5.91 Å². The maximum Gasteiger partial charge on any atom is 0.244 e. The molecule has 2 aliphatic rings. The molecule has 1 aromatic heterocycles. The van der Waals surface area contributed by atoms with E-state index < -0.39 is 0 Å². The largest absolute Gasteiger partial charge is 0.352 e. The maximum absolute atomic E-state index is 12.4. The number of carbonyl (C=O) groups excluding carboxylic acids is 1. The molecule has 1 N–H and O–H groups in total. The molecule has 4 heteroatoms. The Morgan fingerprint density at radius 2 is 2.20 bits per heavy atom. The summed E-state index contributed by atoms with van der Waals surface area (Å²) in [5.74, 6) is 2.54. The van der Waals surface area contributed by atoms with Gasteiger partial charge >= 0.3 is 0 Å². The molecule has 1 heterocycles. The van der Waals surface area contributed by atoms with Crippen LogP contribution in [0.15, 0.2) is 12.3 Å². The third-order valence-corrected chi connectivity index (χ3v) is 5.32. The van der Waals surface area contributed by atoms with Gasteiger partial charge in [-0.3, -0.25) is 9.48 Å². The van der Waals surface area contributed by atoms with Gasteiger partial charge in [-0.25, -0.2) is 0 Å². The highest BCUT2D eigenvalue weighted by Gasteiger charge is 2.42. The van der Waals surface area contributed by atoms with Crippen LogP contribution in [-0.2, 0) is 4.79 Å². The smallest absolute Gasteiger partial charge is 0.244 e. The van der Waals surface area contributed by atoms with Crippen LogP contribution in [-0.4, -0.2) is 21.7 Å². The van der Waals surface area contributed by atoms with Gasteiger partial charge in [-0.2, -0.15) is 5.10 Å². The number of aryl methyl sites for hydroxylation is 1. The lowest BCUT2D eigenvalue weighted by atomic mass is 9.84. The Kier molecular flexibility index (Phi) is 3.57. The molecule has 110 valence electrons. The minimum absolute atomic E-state index is 0.0865. The van der Waals surface area contributed by atoms with Gasteiger partial charge in [0.25, 0.3) is 0 Å². The van der Waals surface area contributed by atoms with Gasteiger partial charge in [-0.15, -0.1) is 0 Å². The number of hydrogen-bond donors (Lipinski definition) is 1. The van der Waals surface area contributed by atoms with E-state index in [0.717, 1.165) is 17.5 Å². The van der Waals surface area contributed by atoms with Crippen molar-refractivity contribution in [1.82, 2.24) is 15.1 Å². The van der Waals surface area contributed by atoms with E-state index in [1.807, 2.05) is 26.1 Å². The van der Waals surface area contributed by atoms with E-state index in [-0.39, 0.29) is 18.0 Å². The fraction of sp³-hybridized carbons (Fsp3) is 0.750. The minimum atomic E-state index is -0.232. The first-order chi connectivity index (χ1) is 9.54. The molecular formula is C16H25N3O. The summed E-state index contributed by atoms with van der Waals surface area (Å²) >= 11 is 0. The van der Waals surface area contributed by atoms with Gasteiger partial charge in [-0.1, -0.05) is 6.42 Å². The minimum Gasteiger partial charge on any atom is -0.352 e. The van der Waals surface area contributed by atoms with Gasteiger partial charge in [0.1, 0.15) is 6.04 Å². The molecule has 0 saturated heterocycles. The lowest BCUT2D eigenvalue weighted by Gasteiger charge is -2.29. The second-order valence-electron chi connectivity index (χ2n) is 6.75. The van der Waals surface area contributed by atoms with E-state index in [9.17, 15) is 4.79 Å². The van der Waals surface area contributed by atoms with E-state index in [1.54, 1.807) is 4.68 Å². The van der Waals surface area contributed by atoms with E-state index in [0.29, 0.717) is 5.92 Å². The molecule has 0 aromatic carbocycles. The van der Waals surface area contributed by atoms with Gasteiger partial charge < -0.3 is 5.32 Å². The normalized spacial score (nSPS) is 31.2. The highest BCUT2D eigenvalue weighted by atomic mass is 16.2. The summed E-state index contributed by atoms with van der Waals surface area (Å²) in [5.41, 5.74) is 0.950. The Bertz CT molecular complexity index is 496. The second kappa shape index (κ2) is 5.23. The predicted molar refractivity (Wildman–Crippen MR) is 78.2 cm³/mol. The van der Waals surface area contributed by atoms with Crippen LogP contribution in [0.1, 0.15) is 51.3 Å². The topological polar surface area (TPSA) is 46.9 Å². The molecule has 20 heavy (non-hydrogen) atoms. The number of hydrogen-bond acceptors (Lipinski definition) is 2. The van der Waals surface area contributed by atoms with Crippen LogP contribution in [0.3, 0.4) is 0 Å². The molecular weight excluding hydrogens is 250 g/mol. The Morgan fingerprint density at radius 1 is 1.40 bits per heavy atom. The Labute approximate surface area is 120 Å². The molecule has 2 saturated carbocycles. The van der Waals surface area contributed by atoms with Crippen molar-refractivity contribution >= 4 is 5.91 Å². The van der Waals surface area contributed by atoms with E-state index in [1.165, 1.54) is 25.7 Å². The lowest BCUT2D eigenvalue weighted by Crippen LogP contribution is -2.43. The number of rotatable bonds is 4. The Morgan fingerprint density at radius 3 is 2.75 bits per heavy atom. The molecule has 2 fully saturated rings. The molecule has 2 bridgehead atoms. The van der Waals surface area contributed by atoms with Crippen molar-refractivity contribution in [3.63, 3.8) is 0 Å². The van der Waals surface area contributed by atoms with Crippen molar-refractivity contribution in [2.75, 3.05) is 0 Å². The number of amides is 1. The van der Waals surface area contributed by atoms with Gasteiger partial charge in [0.15, 0.2) is 0 Å². The number of aromatic nitrogens is 2. The van der Waals surface area contributed by atoms with Crippen LogP contribution in [0.25, 0.3) is 0 Å². The van der Waals surface area contributed by atoms with Crippen molar-refractivity contribution in [2.45, 2.75) is 58.5 Å². The van der Waals surface area contributed by atoms with Crippen molar-refractivity contribution in [1.29, 1.82) is 0 Å². The molecule has 2 aliphatic carbocycles. The van der Waals surface area contributed by atoms with Gasteiger partial charge in [0, 0.05) is 12.2 Å². The summed E-state index contributed by atoms with van der Waals surface area (Å²) in [4.78, 5) is 12.4. The molecule has 1 aromatic rings. The molecule has 0 radical (unpaired) electrons. The molecule has 0 spiro atoms. The quantitative estimate of drug-likeness (QED) is 0.918. The monoisotopic (exact) mass is 275 g/mol. The van der Waals surface area contributed by atoms with Crippen LogP contribution >= 0.6 is 0 Å². The van der Waals surface area contributed by atoms with Gasteiger partial charge in [-0.05, 0) is 63.9 Å². The molecule has 0 aliphatic heterocycles. The molecule has 1 amide bonds. The number of fused-ring (bicyclic) bond motifs is 2. The average Bonchev–Trinajstić information content (AvgIpc) is 3.13. The van der Waals surface area contributed by atoms with E-state index >= 15 is 0 Å². The van der Waals surface area contributed by atoms with Crippen LogP contribution in [0.5, 0.6) is 0 Å². The number of nitrogens with one attached hydrogen (secondary N) is 1. The Hall–Kier alpha value is -1.32. The first-order valence-electron chi connectivity index (χ1n) is 7.86. The van der Waals surface area contributed by atoms with Crippen molar-refractivity contribution in [3.05, 3.63) is 18.0 Å². The van der Waals surface area contributed by atoms with Crippen molar-refractivity contribution < 1.29 is 4.79 Å². The highest BCUT2D eigenvalue weighted by molar-refractivity contribution is 5.80. The third kappa shape index (κ3) is 2.48. The highest BCUT2D eigenvalue weighted by Crippen LogP contribution is 2.49. The number of nitrogens with zero attached hydrogens (tertiary/aromatic N) is 2. The summed E-state index contributed by atoms with van der Waals surface area (Å²) in [6.07, 6.45) is 7.34. The SMILES string of the molecule is Cc1ccn([C@H](C)C(=O)N[C@H](C)[C@@H]2C[C@@H]3CC[C@@H]2C3)n1. The van der Waals surface area contributed by atoms with Crippen molar-refractivity contribution in [3.8, 4) is 0 Å². The maximum atomic E-state index is 12.4. The zero-order valence-corrected chi connectivity index (χ0v) is 12.7. The third-order valence-electron chi connectivity index (χ3n) is 5.32. The summed E-state index contributed by atoms with van der Waals surface area (Å²) < 4.78 is 1.75. The molecule has 3 rings (SSSR count). The summed E-state index contributed by atoms with van der Waals surface area (Å²) in [5, 5.41) is 7.54. The van der Waals surface area contributed by atoms with Crippen LogP contribution < -0.4 is 5.32 Å². The lowest BCUT2D eigenvalue weighted by molar-refractivity contribution is -0.125. The molecule has 5 atom stereocenters. The number of carbonyl (C=O) groups is 1. The van der Waals surface area contributed by atoms with Crippen LogP contribution in [0.2, 0.25) is 0 Å². The fourth-order valence-electron chi connectivity index (χ4n) is 4.13. The van der Waals surface area contributed by atoms with E-state index in [2.05, 4.69) is 17.3 Å². The second-order valence-corrected chi connectivity index (χ2v) is 6.75. The first-order valence-corrected chi connectivity index (χ1v) is 7.86. The fourth-order valence-corrected chi connectivity index (χ4v) is 4.13. The average molecular weight is 275 g/mol. The van der Waals surface area contributed by atoms with Crippen LogP contribution in [0.4, 0.5) is 0 Å². The van der Waals surface area contributed by atoms with Crippen molar-refractivity contribution in [2.24, 2.45) is 17.8 Å². The standard InChI is InChI=1S/C16H25N3O/c1-10-6-7-19(18-10)12(3)16(20)17-11(2)15-9-13-4-5-14(15)8-13/h6-7,11-15H,4-5,8-9H2,1-3H3,(H,17,20)/t11-,12-,13-,14-,15+/m1/s1. The zero-order chi connectivity index (χ0) is 14.3. The predicted octanol–water partition coefficient (Wildman–Crippen LogP) is 2.69. The summed E-state index contributed by atoms with van der Waals surface area (Å²) in [7, 11) is 0. The van der Waals surface area contributed by atoms with Crippen LogP contribution in [0, 0.1) is 24.7 Å². The molecule has 0 unspecified atom stereocenters. The zero-order valence-electron chi connectivity index (χ0n) is 12.7. The first kappa shape index (κ1) is 13.7. The Balaban J connectivity index is 1.58.